The first-order chi connectivity index (χ1) is 12.2. The Labute approximate surface area is 162 Å². The molecule has 0 aliphatic carbocycles. The van der Waals surface area contributed by atoms with Gasteiger partial charge in [-0.15, -0.1) is 11.3 Å². The summed E-state index contributed by atoms with van der Waals surface area (Å²) >= 11 is 7.78. The van der Waals surface area contributed by atoms with Gasteiger partial charge in [0.1, 0.15) is 16.4 Å². The van der Waals surface area contributed by atoms with Crippen molar-refractivity contribution in [3.63, 3.8) is 0 Å². The monoisotopic (exact) mass is 388 g/mol. The van der Waals surface area contributed by atoms with Crippen molar-refractivity contribution in [1.82, 2.24) is 0 Å². The lowest BCUT2D eigenvalue weighted by atomic mass is 9.85. The lowest BCUT2D eigenvalue weighted by Gasteiger charge is -2.22. The Morgan fingerprint density at radius 1 is 1.12 bits per heavy atom. The third-order valence-corrected chi connectivity index (χ3v) is 5.82. The Bertz CT molecular complexity index is 983. The molecule has 0 unspecified atom stereocenters. The maximum atomic E-state index is 12.8. The second kappa shape index (κ2) is 6.93. The number of esters is 1. The van der Waals surface area contributed by atoms with E-state index in [4.69, 9.17) is 21.1 Å². The molecule has 0 spiro atoms. The van der Waals surface area contributed by atoms with E-state index in [0.717, 1.165) is 21.2 Å². The molecule has 3 rings (SSSR count). The van der Waals surface area contributed by atoms with Gasteiger partial charge in [-0.2, -0.15) is 0 Å². The maximum absolute atomic E-state index is 12.8. The summed E-state index contributed by atoms with van der Waals surface area (Å²) in [6.45, 7) is 8.31. The quantitative estimate of drug-likeness (QED) is 0.385. The molecular formula is C21H21ClO3S. The number of halogens is 1. The average molecular weight is 389 g/mol. The standard InChI is InChI=1S/C21H21ClO3S/c1-12-6-8-16(15(10-12)21(2,3)4)25-20(23)19-18(22)14-11-13(24-5)7-9-17(14)26-19/h6-11H,1-5H3. The van der Waals surface area contributed by atoms with Gasteiger partial charge in [0, 0.05) is 15.6 Å². The Hall–Kier alpha value is -2.04. The van der Waals surface area contributed by atoms with Gasteiger partial charge >= 0.3 is 5.97 Å². The van der Waals surface area contributed by atoms with Gasteiger partial charge in [0.25, 0.3) is 0 Å². The molecule has 0 fully saturated rings. The Balaban J connectivity index is 1.99. The van der Waals surface area contributed by atoms with E-state index < -0.39 is 5.97 Å². The van der Waals surface area contributed by atoms with E-state index in [1.54, 1.807) is 7.11 Å². The molecule has 0 aliphatic rings. The van der Waals surface area contributed by atoms with E-state index in [1.807, 2.05) is 37.3 Å². The SMILES string of the molecule is COc1ccc2sc(C(=O)Oc3ccc(C)cc3C(C)(C)C)c(Cl)c2c1. The number of methoxy groups -OCH3 is 1. The third kappa shape index (κ3) is 3.57. The zero-order valence-corrected chi connectivity index (χ0v) is 17.0. The van der Waals surface area contributed by atoms with Gasteiger partial charge in [-0.1, -0.05) is 50.1 Å². The molecule has 0 atom stereocenters. The maximum Gasteiger partial charge on any atom is 0.355 e. The van der Waals surface area contributed by atoms with Gasteiger partial charge in [0.05, 0.1) is 12.1 Å². The van der Waals surface area contributed by atoms with Crippen LogP contribution in [0.1, 0.15) is 41.6 Å². The van der Waals surface area contributed by atoms with Gasteiger partial charge < -0.3 is 9.47 Å². The van der Waals surface area contributed by atoms with E-state index >= 15 is 0 Å². The summed E-state index contributed by atoms with van der Waals surface area (Å²) < 4.78 is 11.9. The molecule has 2 aromatic carbocycles. The number of hydrogen-bond acceptors (Lipinski definition) is 4. The van der Waals surface area contributed by atoms with Gasteiger partial charge in [-0.3, -0.25) is 0 Å². The molecule has 0 amide bonds. The Kier molecular flexibility index (Phi) is 5.00. The lowest BCUT2D eigenvalue weighted by Crippen LogP contribution is -2.16. The summed E-state index contributed by atoms with van der Waals surface area (Å²) in [4.78, 5) is 13.2. The van der Waals surface area contributed by atoms with Gasteiger partial charge in [-0.25, -0.2) is 4.79 Å². The first-order valence-electron chi connectivity index (χ1n) is 8.30. The Morgan fingerprint density at radius 3 is 2.50 bits per heavy atom. The highest BCUT2D eigenvalue weighted by Gasteiger charge is 2.24. The highest BCUT2D eigenvalue weighted by molar-refractivity contribution is 7.21. The molecule has 0 radical (unpaired) electrons. The lowest BCUT2D eigenvalue weighted by molar-refractivity contribution is 0.0737. The Morgan fingerprint density at radius 2 is 1.85 bits per heavy atom. The summed E-state index contributed by atoms with van der Waals surface area (Å²) in [5.41, 5.74) is 1.98. The van der Waals surface area contributed by atoms with Crippen LogP contribution in [0.25, 0.3) is 10.1 Å². The predicted octanol–water partition coefficient (Wildman–Crippen LogP) is 6.39. The smallest absolute Gasteiger partial charge is 0.355 e. The number of carbonyl (C=O) groups excluding carboxylic acids is 1. The number of ether oxygens (including phenoxy) is 2. The van der Waals surface area contributed by atoms with Crippen molar-refractivity contribution in [2.24, 2.45) is 0 Å². The molecule has 3 aromatic rings. The number of thiophene rings is 1. The van der Waals surface area contributed by atoms with Crippen LogP contribution in [0.3, 0.4) is 0 Å². The van der Waals surface area contributed by atoms with Crippen molar-refractivity contribution in [3.05, 3.63) is 57.4 Å². The molecular weight excluding hydrogens is 368 g/mol. The molecule has 1 heterocycles. The largest absolute Gasteiger partial charge is 0.497 e. The van der Waals surface area contributed by atoms with Crippen LogP contribution in [0.4, 0.5) is 0 Å². The highest BCUT2D eigenvalue weighted by atomic mass is 35.5. The molecule has 3 nitrogen and oxygen atoms in total. The topological polar surface area (TPSA) is 35.5 Å². The summed E-state index contributed by atoms with van der Waals surface area (Å²) in [6.07, 6.45) is 0. The van der Waals surface area contributed by atoms with Crippen molar-refractivity contribution >= 4 is 39.0 Å². The van der Waals surface area contributed by atoms with Crippen molar-refractivity contribution < 1.29 is 14.3 Å². The van der Waals surface area contributed by atoms with Crippen LogP contribution in [-0.4, -0.2) is 13.1 Å². The van der Waals surface area contributed by atoms with Gasteiger partial charge in [0.15, 0.2) is 0 Å². The molecule has 136 valence electrons. The zero-order chi connectivity index (χ0) is 19.1. The molecule has 0 N–H and O–H groups in total. The van der Waals surface area contributed by atoms with Crippen LogP contribution in [0.2, 0.25) is 5.02 Å². The molecule has 0 saturated heterocycles. The van der Waals surface area contributed by atoms with Crippen molar-refractivity contribution in [1.29, 1.82) is 0 Å². The summed E-state index contributed by atoms with van der Waals surface area (Å²) in [5.74, 6) is 0.828. The number of rotatable bonds is 3. The molecule has 5 heteroatoms. The molecule has 26 heavy (non-hydrogen) atoms. The number of hydrogen-bond donors (Lipinski definition) is 0. The van der Waals surface area contributed by atoms with Crippen LogP contribution in [0.15, 0.2) is 36.4 Å². The minimum atomic E-state index is -0.440. The van der Waals surface area contributed by atoms with Crippen molar-refractivity contribution in [2.75, 3.05) is 7.11 Å². The fraction of sp³-hybridized carbons (Fsp3) is 0.286. The zero-order valence-electron chi connectivity index (χ0n) is 15.5. The van der Waals surface area contributed by atoms with Crippen LogP contribution in [0, 0.1) is 6.92 Å². The molecule has 0 bridgehead atoms. The first-order valence-corrected chi connectivity index (χ1v) is 9.49. The summed E-state index contributed by atoms with van der Waals surface area (Å²) in [5, 5.41) is 1.20. The van der Waals surface area contributed by atoms with Crippen LogP contribution >= 0.6 is 22.9 Å². The van der Waals surface area contributed by atoms with E-state index in [2.05, 4.69) is 26.8 Å². The van der Waals surface area contributed by atoms with Gasteiger partial charge in [-0.05, 0) is 36.6 Å². The highest BCUT2D eigenvalue weighted by Crippen LogP contribution is 2.39. The van der Waals surface area contributed by atoms with E-state index in [1.165, 1.54) is 11.3 Å². The third-order valence-electron chi connectivity index (χ3n) is 4.17. The minimum Gasteiger partial charge on any atom is -0.497 e. The number of aryl methyl sites for hydroxylation is 1. The number of carbonyl (C=O) groups is 1. The summed E-state index contributed by atoms with van der Waals surface area (Å²) in [6, 6.07) is 11.4. The van der Waals surface area contributed by atoms with E-state index in [0.29, 0.717) is 21.4 Å². The fourth-order valence-corrected chi connectivity index (χ4v) is 4.13. The normalized spacial score (nSPS) is 11.6. The van der Waals surface area contributed by atoms with Crippen LogP contribution < -0.4 is 9.47 Å². The predicted molar refractivity (Wildman–Crippen MR) is 108 cm³/mol. The molecule has 1 aromatic heterocycles. The second-order valence-electron chi connectivity index (χ2n) is 7.25. The number of fused-ring (bicyclic) bond motifs is 1. The fourth-order valence-electron chi connectivity index (χ4n) is 2.77. The first kappa shape index (κ1) is 18.7. The van der Waals surface area contributed by atoms with Crippen LogP contribution in [-0.2, 0) is 5.41 Å². The van der Waals surface area contributed by atoms with E-state index in [-0.39, 0.29) is 5.41 Å². The van der Waals surface area contributed by atoms with Crippen molar-refractivity contribution in [3.8, 4) is 11.5 Å². The van der Waals surface area contributed by atoms with Crippen LogP contribution in [0.5, 0.6) is 11.5 Å². The van der Waals surface area contributed by atoms with E-state index in [9.17, 15) is 4.79 Å². The second-order valence-corrected chi connectivity index (χ2v) is 8.68. The molecule has 0 saturated carbocycles. The average Bonchev–Trinajstić information content (AvgIpc) is 2.92. The molecule has 0 aliphatic heterocycles. The number of benzene rings is 2. The van der Waals surface area contributed by atoms with Gasteiger partial charge in [0.2, 0.25) is 0 Å². The van der Waals surface area contributed by atoms with Crippen molar-refractivity contribution in [2.45, 2.75) is 33.1 Å². The summed E-state index contributed by atoms with van der Waals surface area (Å²) in [7, 11) is 1.60. The minimum absolute atomic E-state index is 0.140.